The van der Waals surface area contributed by atoms with Crippen LogP contribution in [0, 0.1) is 0 Å². The van der Waals surface area contributed by atoms with Gasteiger partial charge in [-0.15, -0.1) is 0 Å². The zero-order chi connectivity index (χ0) is 11.3. The first-order chi connectivity index (χ1) is 7.15. The van der Waals surface area contributed by atoms with Gasteiger partial charge in [0.05, 0.1) is 11.7 Å². The molecule has 0 aromatic rings. The van der Waals surface area contributed by atoms with Gasteiger partial charge in [0.2, 0.25) is 0 Å². The van der Waals surface area contributed by atoms with E-state index < -0.39 is 6.10 Å². The van der Waals surface area contributed by atoms with Gasteiger partial charge >= 0.3 is 5.97 Å². The molecule has 0 spiro atoms. The van der Waals surface area contributed by atoms with E-state index in [1.54, 1.807) is 6.92 Å². The van der Waals surface area contributed by atoms with E-state index in [1.807, 2.05) is 0 Å². The highest BCUT2D eigenvalue weighted by Crippen LogP contribution is 2.29. The lowest BCUT2D eigenvalue weighted by Gasteiger charge is -2.23. The molecule has 1 rings (SSSR count). The fraction of sp³-hybridized carbons (Fsp3) is 0.750. The maximum Gasteiger partial charge on any atom is 0.342 e. The number of cyclic esters (lactones) is 1. The number of rotatable bonds is 7. The molecule has 1 aliphatic rings. The van der Waals surface area contributed by atoms with Crippen molar-refractivity contribution in [2.24, 2.45) is 0 Å². The summed E-state index contributed by atoms with van der Waals surface area (Å²) in [5.74, 6) is 0.508. The van der Waals surface area contributed by atoms with E-state index in [-0.39, 0.29) is 5.97 Å². The molecule has 0 unspecified atom stereocenters. The second-order valence-corrected chi connectivity index (χ2v) is 4.16. The molecule has 1 heterocycles. The van der Waals surface area contributed by atoms with Crippen molar-refractivity contribution in [2.45, 2.75) is 58.5 Å². The molecule has 0 radical (unpaired) electrons. The third kappa shape index (κ3) is 3.67. The van der Waals surface area contributed by atoms with Gasteiger partial charge in [-0.25, -0.2) is 4.79 Å². The molecule has 86 valence electrons. The summed E-state index contributed by atoms with van der Waals surface area (Å²) >= 11 is 0. The van der Waals surface area contributed by atoms with Crippen LogP contribution in [0.4, 0.5) is 0 Å². The second kappa shape index (κ2) is 5.91. The predicted molar refractivity (Wildman–Crippen MR) is 58.2 cm³/mol. The van der Waals surface area contributed by atoms with Gasteiger partial charge in [0.15, 0.2) is 0 Å². The topological polar surface area (TPSA) is 46.5 Å². The van der Waals surface area contributed by atoms with E-state index in [9.17, 15) is 9.90 Å². The summed E-state index contributed by atoms with van der Waals surface area (Å²) in [4.78, 5) is 11.1. The van der Waals surface area contributed by atoms with E-state index in [4.69, 9.17) is 4.74 Å². The average Bonchev–Trinajstić information content (AvgIpc) is 2.16. The van der Waals surface area contributed by atoms with Gasteiger partial charge in [-0.1, -0.05) is 26.2 Å². The number of aliphatic hydroxyl groups excluding tert-OH is 1. The molecule has 15 heavy (non-hydrogen) atoms. The molecule has 3 heteroatoms. The molecule has 1 N–H and O–H groups in total. The second-order valence-electron chi connectivity index (χ2n) is 4.16. The van der Waals surface area contributed by atoms with Crippen LogP contribution in [-0.2, 0) is 9.53 Å². The standard InChI is InChI=1S/C12H20O3/c1-3-4-5-6-7-10-11(8-9(2)13)15-12(10)14/h9,13H,3-8H2,1-2H3/t9-/m1/s1. The lowest BCUT2D eigenvalue weighted by atomic mass is 10.00. The van der Waals surface area contributed by atoms with Crippen molar-refractivity contribution in [3.63, 3.8) is 0 Å². The molecule has 0 aromatic heterocycles. The molecule has 0 saturated carbocycles. The summed E-state index contributed by atoms with van der Waals surface area (Å²) in [6.07, 6.45) is 5.46. The Bertz CT molecular complexity index is 254. The van der Waals surface area contributed by atoms with Crippen molar-refractivity contribution >= 4 is 5.97 Å². The number of unbranched alkanes of at least 4 members (excludes halogenated alkanes) is 3. The van der Waals surface area contributed by atoms with Crippen LogP contribution in [-0.4, -0.2) is 17.2 Å². The number of hydrogen-bond donors (Lipinski definition) is 1. The van der Waals surface area contributed by atoms with Gasteiger partial charge in [0.25, 0.3) is 0 Å². The SMILES string of the molecule is CCCCCCC1=C(C[C@@H](C)O)OC1=O. The number of carbonyl (C=O) groups is 1. The minimum Gasteiger partial charge on any atom is -0.427 e. The van der Waals surface area contributed by atoms with E-state index in [0.717, 1.165) is 24.8 Å². The Balaban J connectivity index is 2.33. The third-order valence-electron chi connectivity index (χ3n) is 2.56. The van der Waals surface area contributed by atoms with Gasteiger partial charge in [-0.3, -0.25) is 0 Å². The van der Waals surface area contributed by atoms with E-state index in [0.29, 0.717) is 12.2 Å². The van der Waals surface area contributed by atoms with Crippen LogP contribution < -0.4 is 0 Å². The molecule has 0 aromatic carbocycles. The average molecular weight is 212 g/mol. The monoisotopic (exact) mass is 212 g/mol. The fourth-order valence-electron chi connectivity index (χ4n) is 1.71. The Morgan fingerprint density at radius 3 is 2.60 bits per heavy atom. The summed E-state index contributed by atoms with van der Waals surface area (Å²) < 4.78 is 4.90. The van der Waals surface area contributed by atoms with Crippen LogP contribution in [0.15, 0.2) is 11.3 Å². The van der Waals surface area contributed by atoms with Gasteiger partial charge in [0, 0.05) is 6.42 Å². The zero-order valence-corrected chi connectivity index (χ0v) is 9.58. The minimum atomic E-state index is -0.432. The van der Waals surface area contributed by atoms with Crippen molar-refractivity contribution < 1.29 is 14.6 Å². The minimum absolute atomic E-state index is 0.192. The van der Waals surface area contributed by atoms with Crippen molar-refractivity contribution in [3.8, 4) is 0 Å². The number of aliphatic hydroxyl groups is 1. The molecule has 0 bridgehead atoms. The van der Waals surface area contributed by atoms with Crippen molar-refractivity contribution in [1.82, 2.24) is 0 Å². The molecule has 3 nitrogen and oxygen atoms in total. The predicted octanol–water partition coefficient (Wildman–Crippen LogP) is 2.54. The van der Waals surface area contributed by atoms with Crippen molar-refractivity contribution in [1.29, 1.82) is 0 Å². The number of ether oxygens (including phenoxy) is 1. The lowest BCUT2D eigenvalue weighted by Crippen LogP contribution is -2.24. The normalized spacial score (nSPS) is 17.4. The van der Waals surface area contributed by atoms with Gasteiger partial charge < -0.3 is 9.84 Å². The van der Waals surface area contributed by atoms with E-state index >= 15 is 0 Å². The van der Waals surface area contributed by atoms with E-state index in [1.165, 1.54) is 12.8 Å². The summed E-state index contributed by atoms with van der Waals surface area (Å²) in [7, 11) is 0. The first-order valence-electron chi connectivity index (χ1n) is 5.77. The summed E-state index contributed by atoms with van der Waals surface area (Å²) in [6, 6.07) is 0. The van der Waals surface area contributed by atoms with Gasteiger partial charge in [0.1, 0.15) is 5.76 Å². The molecule has 0 amide bonds. The Hall–Kier alpha value is -0.830. The van der Waals surface area contributed by atoms with Crippen molar-refractivity contribution in [2.75, 3.05) is 0 Å². The highest BCUT2D eigenvalue weighted by atomic mass is 16.6. The molecule has 1 atom stereocenters. The highest BCUT2D eigenvalue weighted by molar-refractivity contribution is 5.95. The Morgan fingerprint density at radius 1 is 1.33 bits per heavy atom. The number of carbonyl (C=O) groups excluding carboxylic acids is 1. The lowest BCUT2D eigenvalue weighted by molar-refractivity contribution is -0.141. The summed E-state index contributed by atoms with van der Waals surface area (Å²) in [5.41, 5.74) is 0.798. The van der Waals surface area contributed by atoms with Crippen LogP contribution in [0.1, 0.15) is 52.4 Å². The van der Waals surface area contributed by atoms with Crippen LogP contribution >= 0.6 is 0 Å². The molecule has 1 aliphatic heterocycles. The largest absolute Gasteiger partial charge is 0.427 e. The van der Waals surface area contributed by atoms with Crippen LogP contribution in [0.25, 0.3) is 0 Å². The Kier molecular flexibility index (Phi) is 4.82. The first-order valence-corrected chi connectivity index (χ1v) is 5.77. The summed E-state index contributed by atoms with van der Waals surface area (Å²) in [6.45, 7) is 3.86. The third-order valence-corrected chi connectivity index (χ3v) is 2.56. The molecular weight excluding hydrogens is 192 g/mol. The molecule has 0 fully saturated rings. The Labute approximate surface area is 91.1 Å². The van der Waals surface area contributed by atoms with Crippen LogP contribution in [0.5, 0.6) is 0 Å². The maximum atomic E-state index is 11.1. The summed E-state index contributed by atoms with van der Waals surface area (Å²) in [5, 5.41) is 9.18. The maximum absolute atomic E-state index is 11.1. The fourth-order valence-corrected chi connectivity index (χ4v) is 1.71. The molecular formula is C12H20O3. The number of esters is 1. The smallest absolute Gasteiger partial charge is 0.342 e. The number of hydrogen-bond acceptors (Lipinski definition) is 3. The molecule has 0 aliphatic carbocycles. The van der Waals surface area contributed by atoms with E-state index in [2.05, 4.69) is 6.92 Å². The Morgan fingerprint density at radius 2 is 2.07 bits per heavy atom. The zero-order valence-electron chi connectivity index (χ0n) is 9.58. The quantitative estimate of drug-likeness (QED) is 0.521. The van der Waals surface area contributed by atoms with Crippen molar-refractivity contribution in [3.05, 3.63) is 11.3 Å². The van der Waals surface area contributed by atoms with Gasteiger partial charge in [-0.05, 0) is 19.8 Å². The molecule has 0 saturated heterocycles. The van der Waals surface area contributed by atoms with Crippen LogP contribution in [0.2, 0.25) is 0 Å². The van der Waals surface area contributed by atoms with Crippen LogP contribution in [0.3, 0.4) is 0 Å². The van der Waals surface area contributed by atoms with Gasteiger partial charge in [-0.2, -0.15) is 0 Å². The first kappa shape index (κ1) is 12.2. The highest BCUT2D eigenvalue weighted by Gasteiger charge is 2.29.